The Morgan fingerprint density at radius 2 is 1.75 bits per heavy atom. The molecule has 0 fully saturated rings. The number of rotatable bonds is 8. The lowest BCUT2D eigenvalue weighted by Gasteiger charge is -2.35. The summed E-state index contributed by atoms with van der Waals surface area (Å²) in [6, 6.07) is 0.394. The van der Waals surface area contributed by atoms with Crippen LogP contribution >= 0.6 is 7.36 Å². The lowest BCUT2D eigenvalue weighted by atomic mass is 10.3. The maximum absolute atomic E-state index is 10.6. The Morgan fingerprint density at radius 1 is 1.31 bits per heavy atom. The molecule has 0 aromatic carbocycles. The highest BCUT2D eigenvalue weighted by atomic mass is 32.4. The van der Waals surface area contributed by atoms with Gasteiger partial charge in [-0.05, 0) is 27.7 Å². The Bertz CT molecular complexity index is 239. The second-order valence-corrected chi connectivity index (χ2v) is 5.55. The predicted octanol–water partition coefficient (Wildman–Crippen LogP) is 0.676. The molecule has 0 atom stereocenters. The van der Waals surface area contributed by atoms with Crippen LogP contribution in [0.3, 0.4) is 0 Å². The first-order chi connectivity index (χ1) is 7.31. The normalized spacial score (nSPS) is 12.6. The fourth-order valence-electron chi connectivity index (χ4n) is 1.27. The average Bonchev–Trinajstić information content (AvgIpc) is 2.12. The third-order valence-electron chi connectivity index (χ3n) is 1.63. The van der Waals surface area contributed by atoms with Crippen molar-refractivity contribution in [3.05, 3.63) is 0 Å². The molecule has 5 nitrogen and oxygen atoms in total. The van der Waals surface area contributed by atoms with Crippen molar-refractivity contribution in [2.75, 3.05) is 6.54 Å². The molecule has 0 aromatic rings. The second-order valence-electron chi connectivity index (χ2n) is 4.15. The molecular formula is C9H20N3O2PS. The Hall–Kier alpha value is -0.130. The van der Waals surface area contributed by atoms with Gasteiger partial charge in [0, 0.05) is 19.4 Å². The van der Waals surface area contributed by atoms with E-state index in [0.717, 1.165) is 0 Å². The molecule has 0 heterocycles. The van der Waals surface area contributed by atoms with Gasteiger partial charge in [-0.1, -0.05) is 11.8 Å². The first-order valence-corrected chi connectivity index (χ1v) is 7.09. The summed E-state index contributed by atoms with van der Waals surface area (Å²) >= 11 is 5.07. The van der Waals surface area contributed by atoms with Crippen LogP contribution in [0.1, 0.15) is 27.7 Å². The smallest absolute Gasteiger partial charge is 0.317 e. The van der Waals surface area contributed by atoms with Crippen molar-refractivity contribution in [2.24, 2.45) is 0 Å². The van der Waals surface area contributed by atoms with E-state index in [2.05, 4.69) is 16.0 Å². The number of hydrogen-bond donors (Lipinski definition) is 4. The number of carboxylic acids is 1. The van der Waals surface area contributed by atoms with Gasteiger partial charge in [-0.3, -0.25) is 20.7 Å². The van der Waals surface area contributed by atoms with E-state index in [-0.39, 0.29) is 18.6 Å². The molecule has 0 aliphatic carbocycles. The van der Waals surface area contributed by atoms with Crippen LogP contribution in [0.15, 0.2) is 0 Å². The first-order valence-electron chi connectivity index (χ1n) is 5.18. The number of carbonyl (C=O) groups is 1. The van der Waals surface area contributed by atoms with Crippen molar-refractivity contribution in [3.8, 4) is 0 Å². The van der Waals surface area contributed by atoms with Gasteiger partial charge in [0.1, 0.15) is 0 Å². The van der Waals surface area contributed by atoms with Gasteiger partial charge in [-0.2, -0.15) is 0 Å². The minimum Gasteiger partial charge on any atom is -0.480 e. The molecule has 0 saturated carbocycles. The Labute approximate surface area is 103 Å². The molecule has 0 aliphatic heterocycles. The van der Waals surface area contributed by atoms with E-state index >= 15 is 0 Å². The summed E-state index contributed by atoms with van der Waals surface area (Å²) in [5.41, 5.74) is -0.726. The average molecular weight is 265 g/mol. The van der Waals surface area contributed by atoms with E-state index in [1.54, 1.807) is 0 Å². The minimum atomic E-state index is -0.904. The summed E-state index contributed by atoms with van der Waals surface area (Å²) in [4.78, 5) is 10.6. The molecule has 0 radical (unpaired) electrons. The second kappa shape index (κ2) is 7.25. The fraction of sp³-hybridized carbons (Fsp3) is 0.889. The van der Waals surface area contributed by atoms with Gasteiger partial charge < -0.3 is 5.11 Å². The fourth-order valence-corrected chi connectivity index (χ4v) is 2.54. The summed E-state index contributed by atoms with van der Waals surface area (Å²) < 4.78 is 0. The maximum atomic E-state index is 10.6. The Kier molecular flexibility index (Phi) is 7.19. The third kappa shape index (κ3) is 6.45. The zero-order valence-electron chi connectivity index (χ0n) is 10.1. The maximum Gasteiger partial charge on any atom is 0.317 e. The van der Waals surface area contributed by atoms with Gasteiger partial charge in [-0.15, -0.1) is 0 Å². The summed E-state index contributed by atoms with van der Waals surface area (Å²) in [6.07, 6.45) is 0. The van der Waals surface area contributed by atoms with E-state index in [1.807, 2.05) is 27.7 Å². The largest absolute Gasteiger partial charge is 0.480 e. The van der Waals surface area contributed by atoms with Crippen LogP contribution in [0.25, 0.3) is 0 Å². The van der Waals surface area contributed by atoms with Crippen molar-refractivity contribution in [2.45, 2.75) is 45.3 Å². The minimum absolute atomic E-state index is 0.136. The Balaban J connectivity index is 4.65. The van der Waals surface area contributed by atoms with E-state index in [4.69, 9.17) is 16.9 Å². The molecule has 0 aliphatic rings. The molecule has 0 rings (SSSR count). The molecule has 0 unspecified atom stereocenters. The van der Waals surface area contributed by atoms with Crippen LogP contribution in [0.5, 0.6) is 0 Å². The molecule has 0 saturated heterocycles. The summed E-state index contributed by atoms with van der Waals surface area (Å²) in [7, 11) is 0.597. The summed E-state index contributed by atoms with van der Waals surface area (Å²) in [6.45, 7) is 7.81. The van der Waals surface area contributed by atoms with Gasteiger partial charge in [0.2, 0.25) is 0 Å². The molecule has 0 amide bonds. The van der Waals surface area contributed by atoms with Crippen molar-refractivity contribution < 1.29 is 9.90 Å². The van der Waals surface area contributed by atoms with Crippen LogP contribution in [0, 0.1) is 0 Å². The van der Waals surface area contributed by atoms with E-state index in [1.165, 1.54) is 0 Å². The van der Waals surface area contributed by atoms with Crippen LogP contribution in [0.4, 0.5) is 0 Å². The highest BCUT2D eigenvalue weighted by molar-refractivity contribution is 7.97. The molecule has 4 N–H and O–H groups in total. The van der Waals surface area contributed by atoms with Crippen LogP contribution < -0.4 is 16.0 Å². The molecule has 0 aromatic heterocycles. The number of nitrogens with one attached hydrogen (secondary N) is 3. The van der Waals surface area contributed by atoms with Crippen molar-refractivity contribution in [1.82, 2.24) is 16.0 Å². The lowest BCUT2D eigenvalue weighted by molar-refractivity contribution is -0.136. The molecular weight excluding hydrogens is 245 g/mol. The molecule has 94 valence electrons. The van der Waals surface area contributed by atoms with E-state index in [0.29, 0.717) is 7.36 Å². The highest BCUT2D eigenvalue weighted by Gasteiger charge is 2.29. The lowest BCUT2D eigenvalue weighted by Crippen LogP contribution is -2.66. The van der Waals surface area contributed by atoms with E-state index in [9.17, 15) is 4.79 Å². The Morgan fingerprint density at radius 3 is 2.00 bits per heavy atom. The van der Waals surface area contributed by atoms with Crippen LogP contribution in [-0.4, -0.2) is 35.2 Å². The van der Waals surface area contributed by atoms with Gasteiger partial charge in [0.25, 0.3) is 0 Å². The zero-order valence-corrected chi connectivity index (χ0v) is 11.8. The van der Waals surface area contributed by atoms with Gasteiger partial charge in [0.05, 0.1) is 6.54 Å². The monoisotopic (exact) mass is 265 g/mol. The van der Waals surface area contributed by atoms with Crippen molar-refractivity contribution >= 4 is 25.1 Å². The first kappa shape index (κ1) is 15.9. The number of hydrogen-bond acceptors (Lipinski definition) is 5. The highest BCUT2D eigenvalue weighted by Crippen LogP contribution is 2.15. The van der Waals surface area contributed by atoms with Crippen LogP contribution in [-0.2, 0) is 16.6 Å². The number of aliphatic carboxylic acids is 1. The van der Waals surface area contributed by atoms with Crippen LogP contribution in [0.2, 0.25) is 0 Å². The van der Waals surface area contributed by atoms with E-state index < -0.39 is 11.5 Å². The molecule has 7 heteroatoms. The standard InChI is InChI=1S/C9H20N3O2PS/c1-6(2)11-9(15-16,12-7(3)4)10-5-8(13)14/h6-7,10-12H,5H2,1-4H3,(H,13,14). The van der Waals surface area contributed by atoms with Crippen molar-refractivity contribution in [1.29, 1.82) is 0 Å². The predicted molar refractivity (Wildman–Crippen MR) is 69.2 cm³/mol. The quantitative estimate of drug-likeness (QED) is 0.382. The summed E-state index contributed by atoms with van der Waals surface area (Å²) in [5.74, 6) is -0.904. The molecule has 0 bridgehead atoms. The molecule has 16 heavy (non-hydrogen) atoms. The van der Waals surface area contributed by atoms with Crippen molar-refractivity contribution in [3.63, 3.8) is 0 Å². The SMILES string of the molecule is CC(C)NC(NCC(=O)O)(NC(C)C)P=S. The zero-order chi connectivity index (χ0) is 12.8. The third-order valence-corrected chi connectivity index (χ3v) is 3.14. The summed E-state index contributed by atoms with van der Waals surface area (Å²) in [5, 5.41) is 18.0. The molecule has 0 spiro atoms. The van der Waals surface area contributed by atoms with Gasteiger partial charge >= 0.3 is 5.97 Å². The van der Waals surface area contributed by atoms with Gasteiger partial charge in [0.15, 0.2) is 5.53 Å². The number of carboxylic acid groups (broad SMARTS) is 1. The van der Waals surface area contributed by atoms with Gasteiger partial charge in [-0.25, -0.2) is 0 Å². The topological polar surface area (TPSA) is 73.4 Å².